The van der Waals surface area contributed by atoms with Crippen LogP contribution in [0.4, 0.5) is 5.69 Å². The van der Waals surface area contributed by atoms with Crippen molar-refractivity contribution in [1.82, 2.24) is 14.7 Å². The van der Waals surface area contributed by atoms with Gasteiger partial charge in [-0.15, -0.1) is 0 Å². The highest BCUT2D eigenvalue weighted by atomic mass is 35.5. The van der Waals surface area contributed by atoms with E-state index >= 15 is 0 Å². The molecule has 0 spiro atoms. The molecule has 1 aromatic heterocycles. The number of unbranched alkanes of at least 4 members (excludes halogenated alkanes) is 1. The van der Waals surface area contributed by atoms with Crippen molar-refractivity contribution in [2.45, 2.75) is 39.5 Å². The van der Waals surface area contributed by atoms with Crippen molar-refractivity contribution >= 4 is 29.0 Å². The van der Waals surface area contributed by atoms with Crippen LogP contribution in [0.5, 0.6) is 0 Å². The minimum atomic E-state index is -0.544. The Balaban J connectivity index is 1.94. The van der Waals surface area contributed by atoms with E-state index in [0.29, 0.717) is 29.4 Å². The Labute approximate surface area is 207 Å². The lowest BCUT2D eigenvalue weighted by Crippen LogP contribution is -2.38. The van der Waals surface area contributed by atoms with Crippen molar-refractivity contribution in [2.75, 3.05) is 13.1 Å². The van der Waals surface area contributed by atoms with E-state index < -0.39 is 22.2 Å². The number of Topliss-reactive ketones (excluding diaryl/α,β-unsaturated/α-hetero) is 1. The number of nitrogens with one attached hydrogen (secondary N) is 1. The molecule has 0 fully saturated rings. The number of carbonyl (C=O) groups excluding carboxylic acids is 2. The number of rotatable bonds is 10. The first-order valence-corrected chi connectivity index (χ1v) is 11.7. The molecule has 1 N–H and O–H groups in total. The highest BCUT2D eigenvalue weighted by Gasteiger charge is 2.27. The van der Waals surface area contributed by atoms with Gasteiger partial charge >= 0.3 is 0 Å². The second-order valence-corrected chi connectivity index (χ2v) is 8.92. The quantitative estimate of drug-likeness (QED) is 0.240. The molecule has 2 aromatic carbocycles. The van der Waals surface area contributed by atoms with Crippen LogP contribution in [0.2, 0.25) is 5.02 Å². The predicted octanol–water partition coefficient (Wildman–Crippen LogP) is 4.98. The van der Waals surface area contributed by atoms with Crippen LogP contribution in [0.25, 0.3) is 5.69 Å². The minimum Gasteiger partial charge on any atom is -0.331 e. The molecule has 0 aliphatic heterocycles. The zero-order valence-electron chi connectivity index (χ0n) is 19.8. The van der Waals surface area contributed by atoms with E-state index in [2.05, 4.69) is 5.10 Å². The van der Waals surface area contributed by atoms with E-state index in [4.69, 9.17) is 11.6 Å². The van der Waals surface area contributed by atoms with Crippen LogP contribution in [-0.2, 0) is 0 Å². The average Bonchev–Trinajstić information content (AvgIpc) is 3.19. The molecular weight excluding hydrogens is 472 g/mol. The molecule has 0 aliphatic rings. The molecular formula is C25H27ClN4O5. The van der Waals surface area contributed by atoms with Gasteiger partial charge in [-0.05, 0) is 48.7 Å². The summed E-state index contributed by atoms with van der Waals surface area (Å²) in [6.45, 7) is 5.72. The largest absolute Gasteiger partial charge is 0.331 e. The third kappa shape index (κ3) is 5.86. The summed E-state index contributed by atoms with van der Waals surface area (Å²) in [7, 11) is 0. The normalized spacial score (nSPS) is 11.0. The first-order valence-electron chi connectivity index (χ1n) is 11.3. The van der Waals surface area contributed by atoms with Crippen molar-refractivity contribution in [1.29, 1.82) is 0 Å². The number of benzene rings is 2. The fourth-order valence-electron chi connectivity index (χ4n) is 3.68. The van der Waals surface area contributed by atoms with E-state index in [-0.39, 0.29) is 29.3 Å². The molecule has 0 radical (unpaired) electrons. The van der Waals surface area contributed by atoms with E-state index in [1.54, 1.807) is 24.3 Å². The van der Waals surface area contributed by atoms with E-state index in [1.165, 1.54) is 33.8 Å². The minimum absolute atomic E-state index is 0.00736. The molecule has 10 heteroatoms. The highest BCUT2D eigenvalue weighted by Crippen LogP contribution is 2.20. The van der Waals surface area contributed by atoms with E-state index in [0.717, 1.165) is 6.42 Å². The van der Waals surface area contributed by atoms with Gasteiger partial charge in [0.15, 0.2) is 5.78 Å². The molecule has 0 bridgehead atoms. The van der Waals surface area contributed by atoms with Crippen molar-refractivity contribution < 1.29 is 14.5 Å². The lowest BCUT2D eigenvalue weighted by molar-refractivity contribution is -0.384. The molecule has 0 saturated heterocycles. The smallest absolute Gasteiger partial charge is 0.282 e. The van der Waals surface area contributed by atoms with Crippen LogP contribution in [0, 0.1) is 10.1 Å². The lowest BCUT2D eigenvalue weighted by atomic mass is 10.0. The molecule has 3 aromatic rings. The monoisotopic (exact) mass is 498 g/mol. The first kappa shape index (κ1) is 25.9. The Morgan fingerprint density at radius 3 is 2.29 bits per heavy atom. The van der Waals surface area contributed by atoms with Crippen molar-refractivity contribution in [3.05, 3.63) is 90.8 Å². The zero-order chi connectivity index (χ0) is 25.7. The van der Waals surface area contributed by atoms with Gasteiger partial charge < -0.3 is 4.90 Å². The Bertz CT molecular complexity index is 1280. The molecule has 9 nitrogen and oxygen atoms in total. The molecule has 184 valence electrons. The molecule has 0 unspecified atom stereocenters. The number of amides is 1. The fraction of sp³-hybridized carbons (Fsp3) is 0.320. The number of ketones is 1. The third-order valence-corrected chi connectivity index (χ3v) is 5.84. The molecule has 0 aliphatic carbocycles. The number of hydrogen-bond acceptors (Lipinski definition) is 5. The molecule has 0 atom stereocenters. The molecule has 1 heterocycles. The van der Waals surface area contributed by atoms with Gasteiger partial charge in [0.05, 0.1) is 22.8 Å². The van der Waals surface area contributed by atoms with Gasteiger partial charge in [0, 0.05) is 29.3 Å². The Kier molecular flexibility index (Phi) is 8.24. The number of nitro benzene ring substituents is 1. The van der Waals surface area contributed by atoms with Crippen LogP contribution in [0.3, 0.4) is 0 Å². The number of aromatic nitrogens is 2. The molecule has 1 amide bonds. The number of carbonyl (C=O) groups is 2. The summed E-state index contributed by atoms with van der Waals surface area (Å²) in [5, 5.41) is 14.5. The van der Waals surface area contributed by atoms with Gasteiger partial charge in [0.25, 0.3) is 17.2 Å². The number of H-pyrrole nitrogens is 1. The van der Waals surface area contributed by atoms with Gasteiger partial charge in [-0.3, -0.25) is 29.6 Å². The summed E-state index contributed by atoms with van der Waals surface area (Å²) in [4.78, 5) is 51.6. The maximum absolute atomic E-state index is 13.4. The summed E-state index contributed by atoms with van der Waals surface area (Å²) in [6, 6.07) is 11.9. The summed E-state index contributed by atoms with van der Waals surface area (Å²) in [5.74, 6) is -1.06. The maximum atomic E-state index is 13.4. The zero-order valence-corrected chi connectivity index (χ0v) is 20.5. The third-order valence-electron chi connectivity index (χ3n) is 5.59. The summed E-state index contributed by atoms with van der Waals surface area (Å²) >= 11 is 5.96. The van der Waals surface area contributed by atoms with Gasteiger partial charge in [0.1, 0.15) is 5.56 Å². The maximum Gasteiger partial charge on any atom is 0.282 e. The number of halogens is 1. The van der Waals surface area contributed by atoms with Crippen LogP contribution >= 0.6 is 11.6 Å². The second kappa shape index (κ2) is 11.1. The Hall–Kier alpha value is -3.72. The predicted molar refractivity (Wildman–Crippen MR) is 134 cm³/mol. The van der Waals surface area contributed by atoms with E-state index in [1.807, 2.05) is 20.8 Å². The summed E-state index contributed by atoms with van der Waals surface area (Å²) in [5.41, 5.74) is 0.621. The SMILES string of the molecule is CCCCN(CC(=O)c1c(C(C)C)[nH]n(-c2ccc(Cl)cc2)c1=O)C(=O)c1ccc([N+](=O)[O-])cc1. The summed E-state index contributed by atoms with van der Waals surface area (Å²) < 4.78 is 1.30. The average molecular weight is 499 g/mol. The topological polar surface area (TPSA) is 118 Å². The second-order valence-electron chi connectivity index (χ2n) is 8.48. The number of nitrogens with zero attached hydrogens (tertiary/aromatic N) is 3. The fourth-order valence-corrected chi connectivity index (χ4v) is 3.80. The van der Waals surface area contributed by atoms with E-state index in [9.17, 15) is 24.5 Å². The molecule has 0 saturated carbocycles. The van der Waals surface area contributed by atoms with Gasteiger partial charge in [-0.1, -0.05) is 38.8 Å². The Morgan fingerprint density at radius 1 is 1.11 bits per heavy atom. The highest BCUT2D eigenvalue weighted by molar-refractivity contribution is 6.30. The number of aromatic amines is 1. The van der Waals surface area contributed by atoms with Crippen LogP contribution < -0.4 is 5.56 Å². The van der Waals surface area contributed by atoms with Gasteiger partial charge in [0.2, 0.25) is 0 Å². The number of hydrogen-bond donors (Lipinski definition) is 1. The van der Waals surface area contributed by atoms with Gasteiger partial charge in [-0.2, -0.15) is 0 Å². The van der Waals surface area contributed by atoms with Crippen LogP contribution in [0.1, 0.15) is 65.9 Å². The lowest BCUT2D eigenvalue weighted by Gasteiger charge is -2.22. The standard InChI is InChI=1S/C25H27ClN4O5/c1-4-5-14-28(24(32)17-6-10-20(11-7-17)30(34)35)15-21(31)22-23(16(2)3)27-29(25(22)33)19-12-8-18(26)9-13-19/h6-13,16,27H,4-5,14-15H2,1-3H3. The van der Waals surface area contributed by atoms with Crippen molar-refractivity contribution in [2.24, 2.45) is 0 Å². The van der Waals surface area contributed by atoms with Gasteiger partial charge in [-0.25, -0.2) is 4.68 Å². The number of nitro groups is 1. The Morgan fingerprint density at radius 2 is 1.74 bits per heavy atom. The van der Waals surface area contributed by atoms with Crippen LogP contribution in [0.15, 0.2) is 53.3 Å². The first-order chi connectivity index (χ1) is 16.6. The van der Waals surface area contributed by atoms with Crippen molar-refractivity contribution in [3.8, 4) is 5.69 Å². The van der Waals surface area contributed by atoms with Crippen LogP contribution in [-0.4, -0.2) is 44.4 Å². The summed E-state index contributed by atoms with van der Waals surface area (Å²) in [6.07, 6.45) is 1.45. The molecule has 35 heavy (non-hydrogen) atoms. The van der Waals surface area contributed by atoms with Crippen molar-refractivity contribution in [3.63, 3.8) is 0 Å². The number of non-ortho nitro benzene ring substituents is 1. The molecule has 3 rings (SSSR count).